The van der Waals surface area contributed by atoms with Gasteiger partial charge in [-0.2, -0.15) is 0 Å². The summed E-state index contributed by atoms with van der Waals surface area (Å²) in [5.41, 5.74) is -2.18. The number of esters is 1. The number of rotatable bonds is 4. The van der Waals surface area contributed by atoms with Crippen molar-refractivity contribution in [1.29, 1.82) is 0 Å². The van der Waals surface area contributed by atoms with Crippen LogP contribution in [0.1, 0.15) is 72.7 Å². The molecule has 0 atom stereocenters. The topological polar surface area (TPSA) is 67.4 Å². The van der Waals surface area contributed by atoms with E-state index in [1.807, 2.05) is 27.7 Å². The summed E-state index contributed by atoms with van der Waals surface area (Å²) in [5.74, 6) is -13.7. The van der Waals surface area contributed by atoms with E-state index >= 15 is 0 Å². The number of amides is 1. The van der Waals surface area contributed by atoms with Gasteiger partial charge in [-0.05, 0) is 53.5 Å². The van der Waals surface area contributed by atoms with Crippen molar-refractivity contribution in [3.05, 3.63) is 50.7 Å². The number of anilines is 1. The normalized spacial score (nSPS) is 16.5. The molecule has 180 valence electrons. The van der Waals surface area contributed by atoms with E-state index in [9.17, 15) is 31.5 Å². The maximum absolute atomic E-state index is 14.2. The standard InChI is InChI=1S/C22H23F5N2O3S/c1-8(2)32-20(31)10-9-7-21(3,4)29-22(5,6)17(9)33-19(10)28-18(30)11-12(23)14(25)16(27)15(26)13(11)24/h8,29H,7H2,1-6H3,(H,28,30). The lowest BCUT2D eigenvalue weighted by Crippen LogP contribution is -2.55. The molecule has 0 radical (unpaired) electrons. The summed E-state index contributed by atoms with van der Waals surface area (Å²) in [6.07, 6.45) is -0.141. The van der Waals surface area contributed by atoms with Crippen molar-refractivity contribution in [3.63, 3.8) is 0 Å². The molecule has 33 heavy (non-hydrogen) atoms. The highest BCUT2D eigenvalue weighted by atomic mass is 32.1. The maximum atomic E-state index is 14.2. The van der Waals surface area contributed by atoms with Crippen LogP contribution in [-0.4, -0.2) is 23.5 Å². The summed E-state index contributed by atoms with van der Waals surface area (Å²) < 4.78 is 74.2. The summed E-state index contributed by atoms with van der Waals surface area (Å²) in [4.78, 5) is 26.3. The van der Waals surface area contributed by atoms with Crippen LogP contribution in [0.3, 0.4) is 0 Å². The van der Waals surface area contributed by atoms with Gasteiger partial charge >= 0.3 is 5.97 Å². The van der Waals surface area contributed by atoms with Crippen LogP contribution in [0.25, 0.3) is 0 Å². The van der Waals surface area contributed by atoms with Gasteiger partial charge in [0.2, 0.25) is 5.82 Å². The minimum absolute atomic E-state index is 0.0106. The zero-order valence-corrected chi connectivity index (χ0v) is 19.6. The molecule has 2 heterocycles. The van der Waals surface area contributed by atoms with Crippen molar-refractivity contribution in [2.75, 3.05) is 5.32 Å². The van der Waals surface area contributed by atoms with Crippen LogP contribution >= 0.6 is 11.3 Å². The molecule has 0 unspecified atom stereocenters. The Morgan fingerprint density at radius 2 is 1.45 bits per heavy atom. The summed E-state index contributed by atoms with van der Waals surface area (Å²) in [5, 5.41) is 5.49. The number of carbonyl (C=O) groups excluding carboxylic acids is 2. The molecule has 1 aromatic carbocycles. The lowest BCUT2D eigenvalue weighted by molar-refractivity contribution is 0.0377. The molecular formula is C22H23F5N2O3S. The van der Waals surface area contributed by atoms with Gasteiger partial charge in [-0.15, -0.1) is 11.3 Å². The number of thiophene rings is 1. The SMILES string of the molecule is CC(C)OC(=O)c1c(NC(=O)c2c(F)c(F)c(F)c(F)c2F)sc2c1CC(C)(C)NC2(C)C. The van der Waals surface area contributed by atoms with Gasteiger partial charge in [-0.3, -0.25) is 4.79 Å². The number of carbonyl (C=O) groups is 2. The Hall–Kier alpha value is -2.53. The summed E-state index contributed by atoms with van der Waals surface area (Å²) in [6, 6.07) is 0. The Balaban J connectivity index is 2.16. The second-order valence-electron chi connectivity index (χ2n) is 9.28. The van der Waals surface area contributed by atoms with E-state index in [0.29, 0.717) is 16.9 Å². The van der Waals surface area contributed by atoms with Crippen molar-refractivity contribution in [2.45, 2.75) is 65.1 Å². The second-order valence-corrected chi connectivity index (χ2v) is 10.3. The molecule has 1 amide bonds. The van der Waals surface area contributed by atoms with Crippen LogP contribution in [0.4, 0.5) is 27.0 Å². The van der Waals surface area contributed by atoms with Gasteiger partial charge in [0.25, 0.3) is 5.91 Å². The first-order valence-corrected chi connectivity index (χ1v) is 10.9. The van der Waals surface area contributed by atoms with Gasteiger partial charge in [0, 0.05) is 16.0 Å². The Kier molecular flexibility index (Phi) is 6.35. The first-order valence-electron chi connectivity index (χ1n) is 10.1. The summed E-state index contributed by atoms with van der Waals surface area (Å²) >= 11 is 0.970. The fraction of sp³-hybridized carbons (Fsp3) is 0.455. The molecule has 0 fully saturated rings. The van der Waals surface area contributed by atoms with E-state index in [1.165, 1.54) is 0 Å². The van der Waals surface area contributed by atoms with Crippen LogP contribution in [0, 0.1) is 29.1 Å². The van der Waals surface area contributed by atoms with Crippen LogP contribution in [0.2, 0.25) is 0 Å². The molecule has 0 spiro atoms. The molecule has 0 saturated carbocycles. The fourth-order valence-corrected chi connectivity index (χ4v) is 5.33. The molecule has 11 heteroatoms. The first-order chi connectivity index (χ1) is 15.1. The predicted molar refractivity (Wildman–Crippen MR) is 113 cm³/mol. The Bertz CT molecular complexity index is 1130. The van der Waals surface area contributed by atoms with Crippen LogP contribution in [0.5, 0.6) is 0 Å². The van der Waals surface area contributed by atoms with Gasteiger partial charge < -0.3 is 15.4 Å². The molecule has 0 aliphatic carbocycles. The number of benzene rings is 1. The van der Waals surface area contributed by atoms with E-state index in [0.717, 1.165) is 11.3 Å². The minimum Gasteiger partial charge on any atom is -0.459 e. The van der Waals surface area contributed by atoms with E-state index in [1.54, 1.807) is 13.8 Å². The molecule has 0 bridgehead atoms. The Morgan fingerprint density at radius 1 is 0.939 bits per heavy atom. The molecule has 5 nitrogen and oxygen atoms in total. The van der Waals surface area contributed by atoms with Gasteiger partial charge in [-0.25, -0.2) is 26.7 Å². The zero-order chi connectivity index (χ0) is 25.0. The Morgan fingerprint density at radius 3 is 1.97 bits per heavy atom. The lowest BCUT2D eigenvalue weighted by Gasteiger charge is -2.42. The lowest BCUT2D eigenvalue weighted by atomic mass is 9.81. The highest BCUT2D eigenvalue weighted by Gasteiger charge is 2.42. The van der Waals surface area contributed by atoms with Crippen molar-refractivity contribution in [1.82, 2.24) is 5.32 Å². The third-order valence-electron chi connectivity index (χ3n) is 5.06. The molecule has 1 aliphatic rings. The van der Waals surface area contributed by atoms with Gasteiger partial charge in [0.05, 0.1) is 11.7 Å². The van der Waals surface area contributed by atoms with E-state index < -0.39 is 63.7 Å². The molecule has 2 N–H and O–H groups in total. The first kappa shape index (κ1) is 25.1. The second kappa shape index (κ2) is 8.35. The van der Waals surface area contributed by atoms with Gasteiger partial charge in [-0.1, -0.05) is 0 Å². The number of halogens is 5. The molecule has 0 saturated heterocycles. The molecule has 1 aromatic heterocycles. The predicted octanol–water partition coefficient (Wildman–Crippen LogP) is 5.42. The minimum atomic E-state index is -2.37. The monoisotopic (exact) mass is 490 g/mol. The zero-order valence-electron chi connectivity index (χ0n) is 18.8. The molecular weight excluding hydrogens is 467 g/mol. The van der Waals surface area contributed by atoms with Gasteiger partial charge in [0.15, 0.2) is 23.3 Å². The molecule has 1 aliphatic heterocycles. The third-order valence-corrected chi connectivity index (χ3v) is 6.53. The van der Waals surface area contributed by atoms with Crippen LogP contribution in [0.15, 0.2) is 0 Å². The highest BCUT2D eigenvalue weighted by Crippen LogP contribution is 2.45. The highest BCUT2D eigenvalue weighted by molar-refractivity contribution is 7.17. The summed E-state index contributed by atoms with van der Waals surface area (Å²) in [7, 11) is 0. The van der Waals surface area contributed by atoms with Gasteiger partial charge in [0.1, 0.15) is 10.6 Å². The smallest absolute Gasteiger partial charge is 0.341 e. The number of hydrogen-bond acceptors (Lipinski definition) is 5. The average Bonchev–Trinajstić information content (AvgIpc) is 3.01. The number of fused-ring (bicyclic) bond motifs is 1. The van der Waals surface area contributed by atoms with Crippen LogP contribution in [-0.2, 0) is 16.7 Å². The van der Waals surface area contributed by atoms with E-state index in [-0.39, 0.29) is 10.6 Å². The fourth-order valence-electron chi connectivity index (χ4n) is 4.07. The van der Waals surface area contributed by atoms with Crippen molar-refractivity contribution in [3.8, 4) is 0 Å². The Labute approximate surface area is 191 Å². The third kappa shape index (κ3) is 4.48. The summed E-state index contributed by atoms with van der Waals surface area (Å²) in [6.45, 7) is 10.8. The molecule has 2 aromatic rings. The van der Waals surface area contributed by atoms with Crippen molar-refractivity contribution >= 4 is 28.2 Å². The molecule has 3 rings (SSSR count). The van der Waals surface area contributed by atoms with E-state index in [4.69, 9.17) is 4.74 Å². The van der Waals surface area contributed by atoms with Crippen molar-refractivity contribution in [2.24, 2.45) is 0 Å². The number of nitrogens with one attached hydrogen (secondary N) is 2. The van der Waals surface area contributed by atoms with Crippen LogP contribution < -0.4 is 10.6 Å². The maximum Gasteiger partial charge on any atom is 0.341 e. The van der Waals surface area contributed by atoms with E-state index in [2.05, 4.69) is 10.6 Å². The number of ether oxygens (including phenoxy) is 1. The average molecular weight is 490 g/mol. The largest absolute Gasteiger partial charge is 0.459 e. The quantitative estimate of drug-likeness (QED) is 0.260. The van der Waals surface area contributed by atoms with Crippen molar-refractivity contribution < 1.29 is 36.3 Å². The number of hydrogen-bond donors (Lipinski definition) is 2.